The van der Waals surface area contributed by atoms with Crippen LogP contribution in [0.2, 0.25) is 10.0 Å². The summed E-state index contributed by atoms with van der Waals surface area (Å²) in [6, 6.07) is 12.5. The summed E-state index contributed by atoms with van der Waals surface area (Å²) in [5.41, 5.74) is 0.746. The van der Waals surface area contributed by atoms with Gasteiger partial charge in [0.05, 0.1) is 16.3 Å². The van der Waals surface area contributed by atoms with Crippen LogP contribution in [0.3, 0.4) is 0 Å². The highest BCUT2D eigenvalue weighted by molar-refractivity contribution is 6.31. The van der Waals surface area contributed by atoms with Gasteiger partial charge in [-0.25, -0.2) is 9.97 Å². The lowest BCUT2D eigenvalue weighted by atomic mass is 10.1. The molecule has 134 valence electrons. The van der Waals surface area contributed by atoms with Gasteiger partial charge >= 0.3 is 6.18 Å². The molecule has 1 heterocycles. The normalized spacial score (nSPS) is 11.5. The molecule has 3 aromatic rings. The first kappa shape index (κ1) is 18.5. The van der Waals surface area contributed by atoms with Gasteiger partial charge < -0.3 is 4.90 Å². The Bertz CT molecular complexity index is 945. The standard InChI is InChI=1S/C18H12Cl2F3N3/c1-26(13-5-6-15(20)14(10-13)18(21,22)23)17-24-8-7-16(25-17)11-3-2-4-12(19)9-11/h2-10H,1H3. The minimum atomic E-state index is -4.54. The molecule has 0 saturated carbocycles. The van der Waals surface area contributed by atoms with Gasteiger partial charge in [-0.2, -0.15) is 13.2 Å². The number of anilines is 2. The van der Waals surface area contributed by atoms with Gasteiger partial charge in [0.25, 0.3) is 0 Å². The monoisotopic (exact) mass is 397 g/mol. The van der Waals surface area contributed by atoms with Crippen molar-refractivity contribution >= 4 is 34.8 Å². The van der Waals surface area contributed by atoms with Crippen LogP contribution in [0.5, 0.6) is 0 Å². The molecule has 3 nitrogen and oxygen atoms in total. The number of rotatable bonds is 3. The van der Waals surface area contributed by atoms with E-state index in [0.717, 1.165) is 11.6 Å². The van der Waals surface area contributed by atoms with Crippen LogP contribution >= 0.6 is 23.2 Å². The van der Waals surface area contributed by atoms with Crippen molar-refractivity contribution < 1.29 is 13.2 Å². The number of aromatic nitrogens is 2. The number of halogens is 5. The van der Waals surface area contributed by atoms with Crippen LogP contribution in [0.15, 0.2) is 54.7 Å². The average Bonchev–Trinajstić information content (AvgIpc) is 2.61. The van der Waals surface area contributed by atoms with E-state index in [0.29, 0.717) is 10.7 Å². The smallest absolute Gasteiger partial charge is 0.314 e. The number of hydrogen-bond acceptors (Lipinski definition) is 3. The van der Waals surface area contributed by atoms with Crippen molar-refractivity contribution in [1.29, 1.82) is 0 Å². The Morgan fingerprint density at radius 3 is 2.46 bits per heavy atom. The minimum Gasteiger partial charge on any atom is -0.314 e. The third kappa shape index (κ3) is 3.92. The predicted molar refractivity (Wildman–Crippen MR) is 97.0 cm³/mol. The molecule has 0 fully saturated rings. The fourth-order valence-corrected chi connectivity index (χ4v) is 2.79. The van der Waals surface area contributed by atoms with Crippen LogP contribution < -0.4 is 4.90 Å². The number of benzene rings is 2. The van der Waals surface area contributed by atoms with Crippen LogP contribution in [0, 0.1) is 0 Å². The number of alkyl halides is 3. The summed E-state index contributed by atoms with van der Waals surface area (Å²) in [4.78, 5) is 10.0. The summed E-state index contributed by atoms with van der Waals surface area (Å²) >= 11 is 11.7. The SMILES string of the molecule is CN(c1ccc(Cl)c(C(F)(F)F)c1)c1nccc(-c2cccc(Cl)c2)n1. The van der Waals surface area contributed by atoms with E-state index in [2.05, 4.69) is 9.97 Å². The molecule has 0 spiro atoms. The summed E-state index contributed by atoms with van der Waals surface area (Å²) in [5.74, 6) is 0.248. The van der Waals surface area contributed by atoms with Crippen LogP contribution in [-0.2, 0) is 6.18 Å². The molecule has 26 heavy (non-hydrogen) atoms. The van der Waals surface area contributed by atoms with Gasteiger partial charge in [0.1, 0.15) is 0 Å². The fourth-order valence-electron chi connectivity index (χ4n) is 2.37. The highest BCUT2D eigenvalue weighted by Crippen LogP contribution is 2.37. The fraction of sp³-hybridized carbons (Fsp3) is 0.111. The molecule has 0 amide bonds. The molecule has 8 heteroatoms. The Hall–Kier alpha value is -2.31. The van der Waals surface area contributed by atoms with Crippen molar-refractivity contribution in [2.45, 2.75) is 6.18 Å². The van der Waals surface area contributed by atoms with E-state index in [1.807, 2.05) is 6.07 Å². The van der Waals surface area contributed by atoms with Gasteiger partial charge in [-0.05, 0) is 36.4 Å². The Kier molecular flexibility index (Phi) is 5.07. The maximum Gasteiger partial charge on any atom is 0.417 e. The molecule has 1 aromatic heterocycles. The first-order chi connectivity index (χ1) is 12.3. The van der Waals surface area contributed by atoms with E-state index >= 15 is 0 Å². The lowest BCUT2D eigenvalue weighted by Crippen LogP contribution is -2.15. The summed E-state index contributed by atoms with van der Waals surface area (Å²) in [6.45, 7) is 0. The molecule has 0 unspecified atom stereocenters. The Balaban J connectivity index is 1.99. The molecule has 2 aromatic carbocycles. The van der Waals surface area contributed by atoms with Crippen molar-refractivity contribution in [3.8, 4) is 11.3 Å². The van der Waals surface area contributed by atoms with Crippen molar-refractivity contribution in [2.24, 2.45) is 0 Å². The van der Waals surface area contributed by atoms with Gasteiger partial charge in [0.15, 0.2) is 0 Å². The third-order valence-electron chi connectivity index (χ3n) is 3.71. The molecular formula is C18H12Cl2F3N3. The van der Waals surface area contributed by atoms with Gasteiger partial charge in [0.2, 0.25) is 5.95 Å². The van der Waals surface area contributed by atoms with Crippen molar-refractivity contribution in [2.75, 3.05) is 11.9 Å². The number of hydrogen-bond donors (Lipinski definition) is 0. The third-order valence-corrected chi connectivity index (χ3v) is 4.27. The Morgan fingerprint density at radius 2 is 1.77 bits per heavy atom. The van der Waals surface area contributed by atoms with Gasteiger partial charge in [-0.3, -0.25) is 0 Å². The van der Waals surface area contributed by atoms with Crippen molar-refractivity contribution in [3.63, 3.8) is 0 Å². The van der Waals surface area contributed by atoms with Crippen LogP contribution in [0.4, 0.5) is 24.8 Å². The molecule has 0 saturated heterocycles. The highest BCUT2D eigenvalue weighted by Gasteiger charge is 2.33. The molecule has 0 aliphatic carbocycles. The minimum absolute atomic E-state index is 0.248. The van der Waals surface area contributed by atoms with Gasteiger partial charge in [-0.15, -0.1) is 0 Å². The van der Waals surface area contributed by atoms with E-state index in [1.165, 1.54) is 23.2 Å². The average molecular weight is 398 g/mol. The van der Waals surface area contributed by atoms with E-state index in [4.69, 9.17) is 23.2 Å². The lowest BCUT2D eigenvalue weighted by molar-refractivity contribution is -0.137. The van der Waals surface area contributed by atoms with E-state index in [-0.39, 0.29) is 16.7 Å². The zero-order valence-corrected chi connectivity index (χ0v) is 14.9. The summed E-state index contributed by atoms with van der Waals surface area (Å²) in [5, 5.41) is 0.201. The van der Waals surface area contributed by atoms with Crippen LogP contribution in [-0.4, -0.2) is 17.0 Å². The molecule has 0 aliphatic heterocycles. The second-order valence-electron chi connectivity index (χ2n) is 5.47. The largest absolute Gasteiger partial charge is 0.417 e. The zero-order chi connectivity index (χ0) is 18.9. The van der Waals surface area contributed by atoms with Gasteiger partial charge in [-0.1, -0.05) is 35.3 Å². The second-order valence-corrected chi connectivity index (χ2v) is 6.32. The maximum absolute atomic E-state index is 13.1. The molecular weight excluding hydrogens is 386 g/mol. The summed E-state index contributed by atoms with van der Waals surface area (Å²) in [6.07, 6.45) is -3.01. The van der Waals surface area contributed by atoms with E-state index < -0.39 is 11.7 Å². The topological polar surface area (TPSA) is 29.0 Å². The van der Waals surface area contributed by atoms with Crippen LogP contribution in [0.25, 0.3) is 11.3 Å². The number of nitrogens with zero attached hydrogens (tertiary/aromatic N) is 3. The highest BCUT2D eigenvalue weighted by atomic mass is 35.5. The van der Waals surface area contributed by atoms with Crippen molar-refractivity contribution in [1.82, 2.24) is 9.97 Å². The zero-order valence-electron chi connectivity index (χ0n) is 13.4. The predicted octanol–water partition coefficient (Wildman–Crippen LogP) is 6.24. The lowest BCUT2D eigenvalue weighted by Gasteiger charge is -2.19. The maximum atomic E-state index is 13.1. The van der Waals surface area contributed by atoms with Crippen molar-refractivity contribution in [3.05, 3.63) is 70.3 Å². The molecule has 0 radical (unpaired) electrons. The van der Waals surface area contributed by atoms with Crippen LogP contribution in [0.1, 0.15) is 5.56 Å². The first-order valence-electron chi connectivity index (χ1n) is 7.45. The first-order valence-corrected chi connectivity index (χ1v) is 8.21. The Morgan fingerprint density at radius 1 is 1.00 bits per heavy atom. The van der Waals surface area contributed by atoms with E-state index in [9.17, 15) is 13.2 Å². The summed E-state index contributed by atoms with van der Waals surface area (Å²) < 4.78 is 39.2. The quantitative estimate of drug-likeness (QED) is 0.523. The second kappa shape index (κ2) is 7.13. The molecule has 0 N–H and O–H groups in total. The summed E-state index contributed by atoms with van der Waals surface area (Å²) in [7, 11) is 1.58. The molecule has 3 rings (SSSR count). The van der Waals surface area contributed by atoms with Gasteiger partial charge in [0, 0.05) is 29.5 Å². The molecule has 0 bridgehead atoms. The molecule has 0 atom stereocenters. The van der Waals surface area contributed by atoms with E-state index in [1.54, 1.807) is 31.3 Å². The Labute approximate surface area is 158 Å². The molecule has 0 aliphatic rings.